The highest BCUT2D eigenvalue weighted by atomic mass is 35.5. The van der Waals surface area contributed by atoms with Gasteiger partial charge in [0.05, 0.1) is 6.54 Å². The molecule has 1 atom stereocenters. The first-order chi connectivity index (χ1) is 11.1. The van der Waals surface area contributed by atoms with Crippen LogP contribution in [0, 0.1) is 5.92 Å². The number of benzene rings is 1. The first kappa shape index (κ1) is 17.6. The Morgan fingerprint density at radius 3 is 2.52 bits per heavy atom. The maximum absolute atomic E-state index is 12.3. The Balaban J connectivity index is 1.76. The van der Waals surface area contributed by atoms with E-state index in [1.807, 2.05) is 0 Å². The standard InChI is InChI=1S/C17H23ClN2O3/c1-12(21)20-16(13-4-2-3-5-13)17(22)19-10-11-23-15-8-6-14(18)7-9-15/h6-9,13,16H,2-5,10-11H2,1H3,(H,19,22)(H,20,21). The van der Waals surface area contributed by atoms with Crippen molar-refractivity contribution in [2.45, 2.75) is 38.6 Å². The summed E-state index contributed by atoms with van der Waals surface area (Å²) in [5, 5.41) is 6.27. The molecule has 1 saturated carbocycles. The molecule has 0 saturated heterocycles. The highest BCUT2D eigenvalue weighted by Crippen LogP contribution is 2.27. The van der Waals surface area contributed by atoms with Gasteiger partial charge in [-0.05, 0) is 43.0 Å². The van der Waals surface area contributed by atoms with E-state index in [1.165, 1.54) is 6.92 Å². The number of carbonyl (C=O) groups is 2. The van der Waals surface area contributed by atoms with Crippen LogP contribution in [-0.4, -0.2) is 31.0 Å². The zero-order chi connectivity index (χ0) is 16.7. The monoisotopic (exact) mass is 338 g/mol. The van der Waals surface area contributed by atoms with Crippen molar-refractivity contribution in [3.05, 3.63) is 29.3 Å². The predicted octanol–water partition coefficient (Wildman–Crippen LogP) is 2.53. The van der Waals surface area contributed by atoms with Crippen LogP contribution in [0.3, 0.4) is 0 Å². The SMILES string of the molecule is CC(=O)NC(C(=O)NCCOc1ccc(Cl)cc1)C1CCCC1. The fraction of sp³-hybridized carbons (Fsp3) is 0.529. The van der Waals surface area contributed by atoms with Crippen molar-refractivity contribution in [3.63, 3.8) is 0 Å². The van der Waals surface area contributed by atoms with Gasteiger partial charge < -0.3 is 15.4 Å². The summed E-state index contributed by atoms with van der Waals surface area (Å²) in [6.45, 7) is 2.20. The summed E-state index contributed by atoms with van der Waals surface area (Å²) in [5.74, 6) is 0.634. The molecule has 23 heavy (non-hydrogen) atoms. The van der Waals surface area contributed by atoms with E-state index in [2.05, 4.69) is 10.6 Å². The average Bonchev–Trinajstić information content (AvgIpc) is 3.04. The Kier molecular flexibility index (Phi) is 6.71. The topological polar surface area (TPSA) is 67.4 Å². The van der Waals surface area contributed by atoms with Gasteiger partial charge in [0.1, 0.15) is 18.4 Å². The molecule has 2 amide bonds. The Morgan fingerprint density at radius 2 is 1.91 bits per heavy atom. The molecule has 5 nitrogen and oxygen atoms in total. The summed E-state index contributed by atoms with van der Waals surface area (Å²) in [5.41, 5.74) is 0. The van der Waals surface area contributed by atoms with Gasteiger partial charge in [0, 0.05) is 11.9 Å². The van der Waals surface area contributed by atoms with E-state index >= 15 is 0 Å². The Labute approximate surface area is 141 Å². The number of carbonyl (C=O) groups excluding carboxylic acids is 2. The minimum atomic E-state index is -0.439. The molecule has 1 aliphatic rings. The molecule has 1 aromatic carbocycles. The van der Waals surface area contributed by atoms with Gasteiger partial charge in [0.25, 0.3) is 0 Å². The minimum Gasteiger partial charge on any atom is -0.492 e. The third kappa shape index (κ3) is 5.75. The van der Waals surface area contributed by atoms with Crippen LogP contribution in [0.25, 0.3) is 0 Å². The van der Waals surface area contributed by atoms with Crippen LogP contribution < -0.4 is 15.4 Å². The predicted molar refractivity (Wildman–Crippen MR) is 89.5 cm³/mol. The molecule has 0 aliphatic heterocycles. The second-order valence-electron chi connectivity index (χ2n) is 5.82. The Morgan fingerprint density at radius 1 is 1.26 bits per heavy atom. The van der Waals surface area contributed by atoms with Gasteiger partial charge in [-0.15, -0.1) is 0 Å². The lowest BCUT2D eigenvalue weighted by atomic mass is 9.97. The van der Waals surface area contributed by atoms with Crippen LogP contribution in [0.1, 0.15) is 32.6 Å². The van der Waals surface area contributed by atoms with Crippen molar-refractivity contribution in [1.82, 2.24) is 10.6 Å². The number of amides is 2. The summed E-state index contributed by atoms with van der Waals surface area (Å²) in [6, 6.07) is 6.63. The van der Waals surface area contributed by atoms with E-state index < -0.39 is 6.04 Å². The first-order valence-corrected chi connectivity index (χ1v) is 8.37. The van der Waals surface area contributed by atoms with Gasteiger partial charge in [-0.25, -0.2) is 0 Å². The zero-order valence-corrected chi connectivity index (χ0v) is 14.1. The highest BCUT2D eigenvalue weighted by Gasteiger charge is 2.30. The third-order valence-corrected chi connectivity index (χ3v) is 4.25. The van der Waals surface area contributed by atoms with Crippen LogP contribution >= 0.6 is 11.6 Å². The van der Waals surface area contributed by atoms with Crippen LogP contribution in [0.15, 0.2) is 24.3 Å². The van der Waals surface area contributed by atoms with Crippen LogP contribution in [-0.2, 0) is 9.59 Å². The molecule has 1 aliphatic carbocycles. The molecule has 0 heterocycles. The number of hydrogen-bond acceptors (Lipinski definition) is 3. The number of rotatable bonds is 7. The molecule has 1 aromatic rings. The molecule has 0 aromatic heterocycles. The zero-order valence-electron chi connectivity index (χ0n) is 13.3. The number of hydrogen-bond donors (Lipinski definition) is 2. The molecule has 2 rings (SSSR count). The lowest BCUT2D eigenvalue weighted by Gasteiger charge is -2.23. The molecule has 2 N–H and O–H groups in total. The number of halogens is 1. The smallest absolute Gasteiger partial charge is 0.242 e. The fourth-order valence-corrected chi connectivity index (χ4v) is 3.02. The van der Waals surface area contributed by atoms with E-state index in [9.17, 15) is 9.59 Å². The van der Waals surface area contributed by atoms with Gasteiger partial charge >= 0.3 is 0 Å². The lowest BCUT2D eigenvalue weighted by Crippen LogP contribution is -2.50. The van der Waals surface area contributed by atoms with Gasteiger partial charge in [0.2, 0.25) is 11.8 Å². The van der Waals surface area contributed by atoms with E-state index in [4.69, 9.17) is 16.3 Å². The largest absolute Gasteiger partial charge is 0.492 e. The van der Waals surface area contributed by atoms with Crippen LogP contribution in [0.4, 0.5) is 0 Å². The van der Waals surface area contributed by atoms with Crippen LogP contribution in [0.2, 0.25) is 5.02 Å². The van der Waals surface area contributed by atoms with Crippen molar-refractivity contribution < 1.29 is 14.3 Å². The fourth-order valence-electron chi connectivity index (χ4n) is 2.89. The van der Waals surface area contributed by atoms with Crippen molar-refractivity contribution in [1.29, 1.82) is 0 Å². The quantitative estimate of drug-likeness (QED) is 0.751. The van der Waals surface area contributed by atoms with Crippen LogP contribution in [0.5, 0.6) is 5.75 Å². The Hall–Kier alpha value is -1.75. The second kappa shape index (κ2) is 8.77. The summed E-state index contributed by atoms with van der Waals surface area (Å²) in [4.78, 5) is 23.7. The molecule has 6 heteroatoms. The third-order valence-electron chi connectivity index (χ3n) is 4.00. The van der Waals surface area contributed by atoms with Gasteiger partial charge in [-0.2, -0.15) is 0 Å². The molecule has 0 bridgehead atoms. The molecular weight excluding hydrogens is 316 g/mol. The molecule has 1 unspecified atom stereocenters. The molecule has 0 spiro atoms. The average molecular weight is 339 g/mol. The Bertz CT molecular complexity index is 527. The highest BCUT2D eigenvalue weighted by molar-refractivity contribution is 6.30. The molecule has 126 valence electrons. The molecule has 0 radical (unpaired) electrons. The maximum atomic E-state index is 12.3. The summed E-state index contributed by atoms with van der Waals surface area (Å²) in [7, 11) is 0. The summed E-state index contributed by atoms with van der Waals surface area (Å²) < 4.78 is 5.54. The maximum Gasteiger partial charge on any atom is 0.242 e. The normalized spacial score (nSPS) is 15.9. The summed E-state index contributed by atoms with van der Waals surface area (Å²) >= 11 is 5.81. The van der Waals surface area contributed by atoms with E-state index in [1.54, 1.807) is 24.3 Å². The van der Waals surface area contributed by atoms with Gasteiger partial charge in [0.15, 0.2) is 0 Å². The summed E-state index contributed by atoms with van der Waals surface area (Å²) in [6.07, 6.45) is 4.21. The van der Waals surface area contributed by atoms with Gasteiger partial charge in [-0.1, -0.05) is 24.4 Å². The van der Waals surface area contributed by atoms with E-state index in [-0.39, 0.29) is 17.7 Å². The lowest BCUT2D eigenvalue weighted by molar-refractivity contribution is -0.129. The number of ether oxygens (including phenoxy) is 1. The van der Waals surface area contributed by atoms with Gasteiger partial charge in [-0.3, -0.25) is 9.59 Å². The van der Waals surface area contributed by atoms with E-state index in [0.29, 0.717) is 23.9 Å². The van der Waals surface area contributed by atoms with E-state index in [0.717, 1.165) is 25.7 Å². The van der Waals surface area contributed by atoms with Crippen molar-refractivity contribution in [2.75, 3.05) is 13.2 Å². The first-order valence-electron chi connectivity index (χ1n) is 7.99. The van der Waals surface area contributed by atoms with Crippen molar-refractivity contribution >= 4 is 23.4 Å². The minimum absolute atomic E-state index is 0.133. The molecule has 1 fully saturated rings. The van der Waals surface area contributed by atoms with Crippen molar-refractivity contribution in [2.24, 2.45) is 5.92 Å². The second-order valence-corrected chi connectivity index (χ2v) is 6.25. The van der Waals surface area contributed by atoms with Crippen molar-refractivity contribution in [3.8, 4) is 5.75 Å². The molecular formula is C17H23ClN2O3. The number of nitrogens with one attached hydrogen (secondary N) is 2.